The Balaban J connectivity index is 1.61. The maximum absolute atomic E-state index is 13.7. The van der Waals surface area contributed by atoms with Crippen LogP contribution in [0.15, 0.2) is 59.8 Å². The first-order valence-electron chi connectivity index (χ1n) is 10.1. The van der Waals surface area contributed by atoms with E-state index in [9.17, 15) is 14.0 Å². The zero-order valence-electron chi connectivity index (χ0n) is 16.4. The molecule has 2 unspecified atom stereocenters. The van der Waals surface area contributed by atoms with Gasteiger partial charge in [-0.15, -0.1) is 0 Å². The van der Waals surface area contributed by atoms with Crippen molar-refractivity contribution in [1.29, 1.82) is 0 Å². The van der Waals surface area contributed by atoms with Crippen LogP contribution in [0.3, 0.4) is 0 Å². The number of ketones is 1. The van der Waals surface area contributed by atoms with Gasteiger partial charge in [-0.05, 0) is 54.2 Å². The third-order valence-corrected chi connectivity index (χ3v) is 5.61. The fourth-order valence-corrected chi connectivity index (χ4v) is 4.26. The number of nitrogens with one attached hydrogen (secondary N) is 1. The minimum Gasteiger partial charge on any atom is -0.494 e. The van der Waals surface area contributed by atoms with Gasteiger partial charge in [-0.3, -0.25) is 9.59 Å². The molecule has 0 spiro atoms. The number of benzene rings is 2. The second kappa shape index (κ2) is 8.19. The molecule has 0 bridgehead atoms. The topological polar surface area (TPSA) is 55.4 Å². The number of carbonyl (C=O) groups excluding carboxylic acids is 2. The SMILES string of the molecule is CCCOc1ccc(C2CC(=O)C3=C(C2)NC(=O)CC3c2cccc(F)c2)cc1. The monoisotopic (exact) mass is 393 g/mol. The molecule has 0 radical (unpaired) electrons. The van der Waals surface area contributed by atoms with Crippen LogP contribution < -0.4 is 10.1 Å². The molecule has 2 aromatic carbocycles. The molecule has 1 aliphatic carbocycles. The largest absolute Gasteiger partial charge is 0.494 e. The normalized spacial score (nSPS) is 21.6. The Morgan fingerprint density at radius 3 is 2.55 bits per heavy atom. The van der Waals surface area contributed by atoms with E-state index in [2.05, 4.69) is 12.2 Å². The van der Waals surface area contributed by atoms with Crippen molar-refractivity contribution >= 4 is 11.7 Å². The maximum atomic E-state index is 13.7. The van der Waals surface area contributed by atoms with Gasteiger partial charge in [0.1, 0.15) is 11.6 Å². The molecule has 2 atom stereocenters. The fourth-order valence-electron chi connectivity index (χ4n) is 4.26. The standard InChI is InChI=1S/C24H24FNO3/c1-2-10-29-19-8-6-15(7-9-19)17-12-21-24(22(27)13-17)20(14-23(28)26-21)16-4-3-5-18(25)11-16/h3-9,11,17,20H,2,10,12-14H2,1H3,(H,26,28). The highest BCUT2D eigenvalue weighted by Gasteiger charge is 2.38. The lowest BCUT2D eigenvalue weighted by Crippen LogP contribution is -2.38. The number of rotatable bonds is 5. The summed E-state index contributed by atoms with van der Waals surface area (Å²) in [5.41, 5.74) is 3.05. The molecule has 2 aliphatic rings. The van der Waals surface area contributed by atoms with E-state index in [0.717, 1.165) is 17.7 Å². The quantitative estimate of drug-likeness (QED) is 0.807. The lowest BCUT2D eigenvalue weighted by molar-refractivity contribution is -0.122. The van der Waals surface area contributed by atoms with Crippen molar-refractivity contribution in [2.45, 2.75) is 44.4 Å². The van der Waals surface area contributed by atoms with Gasteiger partial charge < -0.3 is 10.1 Å². The fraction of sp³-hybridized carbons (Fsp3) is 0.333. The predicted molar refractivity (Wildman–Crippen MR) is 108 cm³/mol. The van der Waals surface area contributed by atoms with Crippen molar-refractivity contribution in [2.24, 2.45) is 0 Å². The molecule has 29 heavy (non-hydrogen) atoms. The molecular weight excluding hydrogens is 369 g/mol. The second-order valence-electron chi connectivity index (χ2n) is 7.70. The smallest absolute Gasteiger partial charge is 0.225 e. The molecule has 1 N–H and O–H groups in total. The maximum Gasteiger partial charge on any atom is 0.225 e. The average Bonchev–Trinajstić information content (AvgIpc) is 2.71. The van der Waals surface area contributed by atoms with Crippen LogP contribution in [0, 0.1) is 5.82 Å². The van der Waals surface area contributed by atoms with E-state index < -0.39 is 0 Å². The Bertz CT molecular complexity index is 964. The highest BCUT2D eigenvalue weighted by atomic mass is 19.1. The number of Topliss-reactive ketones (excluding diaryl/α,β-unsaturated/α-hetero) is 1. The summed E-state index contributed by atoms with van der Waals surface area (Å²) in [5.74, 6) is -0.0238. The molecule has 0 saturated heterocycles. The first-order chi connectivity index (χ1) is 14.0. The van der Waals surface area contributed by atoms with Crippen LogP contribution in [0.5, 0.6) is 5.75 Å². The van der Waals surface area contributed by atoms with Gasteiger partial charge in [-0.2, -0.15) is 0 Å². The Kier molecular flexibility index (Phi) is 5.47. The average molecular weight is 393 g/mol. The summed E-state index contributed by atoms with van der Waals surface area (Å²) in [6.45, 7) is 2.73. The van der Waals surface area contributed by atoms with Crippen LogP contribution in [0.4, 0.5) is 4.39 Å². The van der Waals surface area contributed by atoms with E-state index in [-0.39, 0.29) is 35.8 Å². The van der Waals surface area contributed by atoms with E-state index in [1.54, 1.807) is 12.1 Å². The summed E-state index contributed by atoms with van der Waals surface area (Å²) in [7, 11) is 0. The Labute approximate surface area is 169 Å². The Morgan fingerprint density at radius 1 is 1.03 bits per heavy atom. The zero-order valence-corrected chi connectivity index (χ0v) is 16.4. The molecule has 0 fully saturated rings. The zero-order chi connectivity index (χ0) is 20.4. The van der Waals surface area contributed by atoms with E-state index in [1.165, 1.54) is 12.1 Å². The molecule has 4 nitrogen and oxygen atoms in total. The van der Waals surface area contributed by atoms with Crippen LogP contribution in [0.2, 0.25) is 0 Å². The first-order valence-corrected chi connectivity index (χ1v) is 10.1. The van der Waals surface area contributed by atoms with Gasteiger partial charge >= 0.3 is 0 Å². The van der Waals surface area contributed by atoms with Gasteiger partial charge in [0.15, 0.2) is 5.78 Å². The minimum atomic E-state index is -0.382. The molecule has 2 aromatic rings. The van der Waals surface area contributed by atoms with E-state index in [4.69, 9.17) is 4.74 Å². The van der Waals surface area contributed by atoms with Crippen LogP contribution in [-0.2, 0) is 9.59 Å². The van der Waals surface area contributed by atoms with Gasteiger partial charge in [0.2, 0.25) is 5.91 Å². The molecule has 1 heterocycles. The highest BCUT2D eigenvalue weighted by molar-refractivity contribution is 6.02. The van der Waals surface area contributed by atoms with Crippen LogP contribution in [-0.4, -0.2) is 18.3 Å². The molecule has 1 amide bonds. The molecule has 0 aromatic heterocycles. The van der Waals surface area contributed by atoms with Crippen molar-refractivity contribution in [3.63, 3.8) is 0 Å². The van der Waals surface area contributed by atoms with Crippen LogP contribution in [0.25, 0.3) is 0 Å². The van der Waals surface area contributed by atoms with Crippen molar-refractivity contribution in [2.75, 3.05) is 6.61 Å². The minimum absolute atomic E-state index is 0.00744. The van der Waals surface area contributed by atoms with Crippen molar-refractivity contribution in [3.8, 4) is 5.75 Å². The summed E-state index contributed by atoms with van der Waals surface area (Å²) in [6.07, 6.45) is 2.09. The number of hydrogen-bond acceptors (Lipinski definition) is 3. The summed E-state index contributed by atoms with van der Waals surface area (Å²) < 4.78 is 19.3. The van der Waals surface area contributed by atoms with Crippen molar-refractivity contribution in [3.05, 3.63) is 76.7 Å². The summed E-state index contributed by atoms with van der Waals surface area (Å²) in [5, 5.41) is 2.90. The molecule has 150 valence electrons. The van der Waals surface area contributed by atoms with Crippen molar-refractivity contribution in [1.82, 2.24) is 5.32 Å². The summed E-state index contributed by atoms with van der Waals surface area (Å²) in [6, 6.07) is 14.0. The lowest BCUT2D eigenvalue weighted by Gasteiger charge is -2.34. The Morgan fingerprint density at radius 2 is 1.83 bits per heavy atom. The predicted octanol–water partition coefficient (Wildman–Crippen LogP) is 4.62. The third-order valence-electron chi connectivity index (χ3n) is 5.61. The second-order valence-corrected chi connectivity index (χ2v) is 7.70. The van der Waals surface area contributed by atoms with E-state index in [1.807, 2.05) is 24.3 Å². The van der Waals surface area contributed by atoms with Gasteiger partial charge in [0.05, 0.1) is 6.61 Å². The number of hydrogen-bond donors (Lipinski definition) is 1. The number of carbonyl (C=O) groups is 2. The number of amides is 1. The summed E-state index contributed by atoms with van der Waals surface area (Å²) in [4.78, 5) is 25.4. The molecule has 0 saturated carbocycles. The first kappa shape index (κ1) is 19.4. The third kappa shape index (κ3) is 4.09. The van der Waals surface area contributed by atoms with Gasteiger partial charge in [-0.1, -0.05) is 31.2 Å². The van der Waals surface area contributed by atoms with E-state index in [0.29, 0.717) is 36.3 Å². The van der Waals surface area contributed by atoms with Gasteiger partial charge in [0, 0.05) is 30.0 Å². The lowest BCUT2D eigenvalue weighted by atomic mass is 9.73. The van der Waals surface area contributed by atoms with Gasteiger partial charge in [-0.25, -0.2) is 4.39 Å². The Hall–Kier alpha value is -2.95. The molecular formula is C24H24FNO3. The van der Waals surface area contributed by atoms with Crippen LogP contribution in [0.1, 0.15) is 55.6 Å². The van der Waals surface area contributed by atoms with Crippen molar-refractivity contribution < 1.29 is 18.7 Å². The number of ether oxygens (including phenoxy) is 1. The highest BCUT2D eigenvalue weighted by Crippen LogP contribution is 2.42. The molecule has 5 heteroatoms. The van der Waals surface area contributed by atoms with E-state index >= 15 is 0 Å². The summed E-state index contributed by atoms with van der Waals surface area (Å²) >= 11 is 0. The van der Waals surface area contributed by atoms with Gasteiger partial charge in [0.25, 0.3) is 0 Å². The van der Waals surface area contributed by atoms with Crippen LogP contribution >= 0.6 is 0 Å². The number of allylic oxidation sites excluding steroid dienone is 2. The molecule has 1 aliphatic heterocycles. The molecule has 4 rings (SSSR count). The number of halogens is 1.